The van der Waals surface area contributed by atoms with Crippen LogP contribution in [0.3, 0.4) is 0 Å². The van der Waals surface area contributed by atoms with E-state index in [2.05, 4.69) is 24.8 Å². The molecule has 0 radical (unpaired) electrons. The molecular weight excluding hydrogens is 158 g/mol. The van der Waals surface area contributed by atoms with Crippen LogP contribution in [-0.4, -0.2) is 24.5 Å². The van der Waals surface area contributed by atoms with Gasteiger partial charge in [0.1, 0.15) is 0 Å². The third-order valence-corrected chi connectivity index (χ3v) is 3.37. The predicted molar refractivity (Wildman–Crippen MR) is 57.5 cm³/mol. The van der Waals surface area contributed by atoms with E-state index in [0.29, 0.717) is 6.04 Å². The molecule has 0 aromatic heterocycles. The van der Waals surface area contributed by atoms with Crippen LogP contribution in [0.1, 0.15) is 39.0 Å². The first-order valence-electron chi connectivity index (χ1n) is 5.39. The van der Waals surface area contributed by atoms with Gasteiger partial charge in [0.15, 0.2) is 0 Å². The van der Waals surface area contributed by atoms with Crippen molar-refractivity contribution in [2.45, 2.75) is 45.1 Å². The number of terminal acetylenes is 1. The molecule has 0 aromatic carbocycles. The van der Waals surface area contributed by atoms with Crippen LogP contribution >= 0.6 is 0 Å². The minimum Gasteiger partial charge on any atom is -0.292 e. The van der Waals surface area contributed by atoms with Crippen molar-refractivity contribution in [2.75, 3.05) is 13.6 Å². The molecule has 1 rings (SSSR count). The summed E-state index contributed by atoms with van der Waals surface area (Å²) in [6, 6.07) is 0.663. The molecule has 1 nitrogen and oxygen atoms in total. The Morgan fingerprint density at radius 2 is 2.00 bits per heavy atom. The first kappa shape index (κ1) is 10.6. The van der Waals surface area contributed by atoms with Crippen LogP contribution in [0.5, 0.6) is 0 Å². The average molecular weight is 179 g/mol. The van der Waals surface area contributed by atoms with Gasteiger partial charge >= 0.3 is 0 Å². The van der Waals surface area contributed by atoms with Crippen molar-refractivity contribution in [3.63, 3.8) is 0 Å². The Morgan fingerprint density at radius 1 is 1.38 bits per heavy atom. The molecule has 1 aliphatic rings. The van der Waals surface area contributed by atoms with Crippen molar-refractivity contribution in [2.24, 2.45) is 5.92 Å². The molecule has 0 aromatic rings. The third kappa shape index (κ3) is 3.04. The molecule has 0 aliphatic heterocycles. The molecule has 0 amide bonds. The Labute approximate surface area is 82.5 Å². The molecule has 1 fully saturated rings. The van der Waals surface area contributed by atoms with E-state index in [4.69, 9.17) is 6.42 Å². The van der Waals surface area contributed by atoms with Crippen LogP contribution in [0, 0.1) is 18.3 Å². The van der Waals surface area contributed by atoms with Gasteiger partial charge in [0.05, 0.1) is 6.54 Å². The van der Waals surface area contributed by atoms with Gasteiger partial charge in [0.2, 0.25) is 0 Å². The lowest BCUT2D eigenvalue weighted by Gasteiger charge is -2.33. The molecule has 0 heterocycles. The molecule has 1 atom stereocenters. The van der Waals surface area contributed by atoms with Crippen molar-refractivity contribution in [3.8, 4) is 12.3 Å². The minimum atomic E-state index is 0.663. The fourth-order valence-electron chi connectivity index (χ4n) is 2.26. The van der Waals surface area contributed by atoms with E-state index in [1.165, 1.54) is 32.1 Å². The summed E-state index contributed by atoms with van der Waals surface area (Å²) in [4.78, 5) is 2.30. The monoisotopic (exact) mass is 179 g/mol. The third-order valence-electron chi connectivity index (χ3n) is 3.37. The molecule has 0 saturated heterocycles. The van der Waals surface area contributed by atoms with Gasteiger partial charge in [-0.25, -0.2) is 0 Å². The minimum absolute atomic E-state index is 0.663. The van der Waals surface area contributed by atoms with Crippen molar-refractivity contribution < 1.29 is 0 Å². The highest BCUT2D eigenvalue weighted by molar-refractivity contribution is 4.90. The second-order valence-corrected chi connectivity index (χ2v) is 4.26. The maximum absolute atomic E-state index is 5.31. The Kier molecular flexibility index (Phi) is 4.32. The van der Waals surface area contributed by atoms with Gasteiger partial charge in [-0.05, 0) is 32.7 Å². The van der Waals surface area contributed by atoms with Gasteiger partial charge in [-0.1, -0.05) is 25.2 Å². The fourth-order valence-corrected chi connectivity index (χ4v) is 2.26. The lowest BCUT2D eigenvalue weighted by molar-refractivity contribution is 0.172. The fraction of sp³-hybridized carbons (Fsp3) is 0.833. The summed E-state index contributed by atoms with van der Waals surface area (Å²) in [6.45, 7) is 3.10. The number of nitrogens with zero attached hydrogens (tertiary/aromatic N) is 1. The first-order chi connectivity index (χ1) is 6.25. The zero-order valence-corrected chi connectivity index (χ0v) is 8.92. The Balaban J connectivity index is 2.36. The molecule has 1 heteroatoms. The van der Waals surface area contributed by atoms with Gasteiger partial charge < -0.3 is 0 Å². The molecule has 13 heavy (non-hydrogen) atoms. The van der Waals surface area contributed by atoms with Crippen LogP contribution in [0.15, 0.2) is 0 Å². The zero-order chi connectivity index (χ0) is 9.68. The Bertz CT molecular complexity index is 174. The predicted octanol–water partition coefficient (Wildman–Crippen LogP) is 2.52. The number of hydrogen-bond acceptors (Lipinski definition) is 1. The Hall–Kier alpha value is -0.480. The standard InChI is InChI=1S/C12H21N/c1-4-10-13(3)11(2)12-8-6-5-7-9-12/h1,11-12H,5-10H2,2-3H3/t11-/m0/s1. The van der Waals surface area contributed by atoms with Crippen molar-refractivity contribution in [3.05, 3.63) is 0 Å². The summed E-state index contributed by atoms with van der Waals surface area (Å²) in [5, 5.41) is 0. The zero-order valence-electron chi connectivity index (χ0n) is 8.92. The lowest BCUT2D eigenvalue weighted by Crippen LogP contribution is -2.36. The smallest absolute Gasteiger partial charge is 0.0598 e. The van der Waals surface area contributed by atoms with Gasteiger partial charge in [-0.2, -0.15) is 0 Å². The molecule has 0 N–H and O–H groups in total. The van der Waals surface area contributed by atoms with Gasteiger partial charge in [-0.3, -0.25) is 4.90 Å². The molecular formula is C12H21N. The molecule has 0 spiro atoms. The van der Waals surface area contributed by atoms with Gasteiger partial charge in [0.25, 0.3) is 0 Å². The van der Waals surface area contributed by atoms with Gasteiger partial charge in [0, 0.05) is 6.04 Å². The second kappa shape index (κ2) is 5.29. The highest BCUT2D eigenvalue weighted by atomic mass is 15.1. The quantitative estimate of drug-likeness (QED) is 0.602. The highest BCUT2D eigenvalue weighted by Gasteiger charge is 2.22. The molecule has 1 aliphatic carbocycles. The maximum Gasteiger partial charge on any atom is 0.0598 e. The largest absolute Gasteiger partial charge is 0.292 e. The first-order valence-corrected chi connectivity index (χ1v) is 5.39. The summed E-state index contributed by atoms with van der Waals surface area (Å²) in [5.41, 5.74) is 0. The van der Waals surface area contributed by atoms with Crippen molar-refractivity contribution >= 4 is 0 Å². The topological polar surface area (TPSA) is 3.24 Å². The lowest BCUT2D eigenvalue weighted by atomic mass is 9.84. The van der Waals surface area contributed by atoms with E-state index in [9.17, 15) is 0 Å². The van der Waals surface area contributed by atoms with Crippen molar-refractivity contribution in [1.29, 1.82) is 0 Å². The van der Waals surface area contributed by atoms with Crippen LogP contribution < -0.4 is 0 Å². The summed E-state index contributed by atoms with van der Waals surface area (Å²) in [6.07, 6.45) is 12.4. The summed E-state index contributed by atoms with van der Waals surface area (Å²) in [5.74, 6) is 3.59. The van der Waals surface area contributed by atoms with Crippen LogP contribution in [-0.2, 0) is 0 Å². The maximum atomic E-state index is 5.31. The summed E-state index contributed by atoms with van der Waals surface area (Å²) < 4.78 is 0. The SMILES string of the molecule is C#CCN(C)[C@@H](C)C1CCCCC1. The van der Waals surface area contributed by atoms with E-state index in [-0.39, 0.29) is 0 Å². The van der Waals surface area contributed by atoms with E-state index in [1.54, 1.807) is 0 Å². The summed E-state index contributed by atoms with van der Waals surface area (Å²) in [7, 11) is 2.14. The van der Waals surface area contributed by atoms with Crippen LogP contribution in [0.2, 0.25) is 0 Å². The molecule has 74 valence electrons. The summed E-state index contributed by atoms with van der Waals surface area (Å²) >= 11 is 0. The van der Waals surface area contributed by atoms with E-state index in [0.717, 1.165) is 12.5 Å². The normalized spacial score (nSPS) is 21.4. The van der Waals surface area contributed by atoms with Crippen LogP contribution in [0.4, 0.5) is 0 Å². The average Bonchev–Trinajstić information content (AvgIpc) is 2.18. The van der Waals surface area contributed by atoms with Crippen molar-refractivity contribution in [1.82, 2.24) is 4.90 Å². The molecule has 0 unspecified atom stereocenters. The number of rotatable bonds is 3. The second-order valence-electron chi connectivity index (χ2n) is 4.26. The molecule has 1 saturated carbocycles. The Morgan fingerprint density at radius 3 is 2.54 bits per heavy atom. The van der Waals surface area contributed by atoms with Crippen LogP contribution in [0.25, 0.3) is 0 Å². The van der Waals surface area contributed by atoms with E-state index < -0.39 is 0 Å². The molecule has 0 bridgehead atoms. The van der Waals surface area contributed by atoms with E-state index in [1.807, 2.05) is 0 Å². The van der Waals surface area contributed by atoms with E-state index >= 15 is 0 Å². The number of hydrogen-bond donors (Lipinski definition) is 0. The highest BCUT2D eigenvalue weighted by Crippen LogP contribution is 2.28. The van der Waals surface area contributed by atoms with Gasteiger partial charge in [-0.15, -0.1) is 6.42 Å².